The van der Waals surface area contributed by atoms with Crippen LogP contribution in [0.15, 0.2) is 48.7 Å². The molecule has 1 unspecified atom stereocenters. The Morgan fingerprint density at radius 1 is 1.23 bits per heavy atom. The first-order valence-corrected chi connectivity index (χ1v) is 8.12. The van der Waals surface area contributed by atoms with Gasteiger partial charge in [0.05, 0.1) is 11.9 Å². The van der Waals surface area contributed by atoms with E-state index in [0.29, 0.717) is 0 Å². The number of pyridine rings is 1. The van der Waals surface area contributed by atoms with Gasteiger partial charge in [0.2, 0.25) is 0 Å². The molecule has 0 bridgehead atoms. The van der Waals surface area contributed by atoms with Crippen molar-refractivity contribution in [2.45, 2.75) is 39.0 Å². The van der Waals surface area contributed by atoms with Crippen molar-refractivity contribution in [2.24, 2.45) is 0 Å². The third kappa shape index (κ3) is 3.99. The summed E-state index contributed by atoms with van der Waals surface area (Å²) in [5.41, 5.74) is -0.992. The summed E-state index contributed by atoms with van der Waals surface area (Å²) in [5, 5.41) is 9.83. The van der Waals surface area contributed by atoms with E-state index in [9.17, 15) is 19.1 Å². The van der Waals surface area contributed by atoms with Gasteiger partial charge in [-0.15, -0.1) is 0 Å². The third-order valence-corrected chi connectivity index (χ3v) is 4.04. The highest BCUT2D eigenvalue weighted by molar-refractivity contribution is 5.85. The average Bonchev–Trinajstić information content (AvgIpc) is 2.61. The second-order valence-electron chi connectivity index (χ2n) is 6.24. The van der Waals surface area contributed by atoms with E-state index in [-0.39, 0.29) is 12.3 Å². The molecule has 0 fully saturated rings. The Labute approximate surface area is 151 Å². The zero-order chi connectivity index (χ0) is 19.3. The molecule has 0 spiro atoms. The van der Waals surface area contributed by atoms with Crippen LogP contribution in [0.2, 0.25) is 0 Å². The van der Waals surface area contributed by atoms with Crippen molar-refractivity contribution in [3.63, 3.8) is 0 Å². The second-order valence-corrected chi connectivity index (χ2v) is 6.24. The molecule has 0 radical (unpaired) electrons. The molecule has 6 nitrogen and oxygen atoms in total. The number of halogens is 1. The first kappa shape index (κ1) is 19.4. The van der Waals surface area contributed by atoms with Crippen LogP contribution in [-0.4, -0.2) is 33.1 Å². The lowest BCUT2D eigenvalue weighted by molar-refractivity contribution is -0.151. The van der Waals surface area contributed by atoms with Crippen LogP contribution in [0, 0.1) is 5.82 Å². The largest absolute Gasteiger partial charge is 0.479 e. The van der Waals surface area contributed by atoms with Crippen LogP contribution in [0.1, 0.15) is 32.0 Å². The van der Waals surface area contributed by atoms with Gasteiger partial charge in [-0.1, -0.05) is 30.3 Å². The molecule has 0 saturated carbocycles. The number of nitrogens with zero attached hydrogens (tertiary/aromatic N) is 2. The monoisotopic (exact) mass is 360 g/mol. The number of rotatable bonds is 6. The summed E-state index contributed by atoms with van der Waals surface area (Å²) < 4.78 is 18.5. The SMILES string of the molecule is CC(C)N(C(=O)OCc1ccccc1)C(C)(C(=O)O)c1ccc(F)cn1. The van der Waals surface area contributed by atoms with Gasteiger partial charge in [0.1, 0.15) is 12.4 Å². The number of carboxylic acids is 1. The molecule has 0 saturated heterocycles. The predicted octanol–water partition coefficient (Wildman–Crippen LogP) is 3.57. The maximum Gasteiger partial charge on any atom is 0.411 e. The van der Waals surface area contributed by atoms with Gasteiger partial charge >= 0.3 is 12.1 Å². The van der Waals surface area contributed by atoms with Crippen LogP contribution in [0.4, 0.5) is 9.18 Å². The maximum atomic E-state index is 13.2. The van der Waals surface area contributed by atoms with Crippen molar-refractivity contribution in [1.82, 2.24) is 9.88 Å². The van der Waals surface area contributed by atoms with Crippen molar-refractivity contribution in [1.29, 1.82) is 0 Å². The number of carbonyl (C=O) groups excluding carboxylic acids is 1. The average molecular weight is 360 g/mol. The standard InChI is InChI=1S/C19H21FN2O4/c1-13(2)22(18(25)26-12-14-7-5-4-6-8-14)19(3,17(23)24)16-10-9-15(20)11-21-16/h4-11,13H,12H2,1-3H3,(H,23,24). The minimum Gasteiger partial charge on any atom is -0.479 e. The Balaban J connectivity index is 2.33. The molecule has 1 amide bonds. The first-order valence-electron chi connectivity index (χ1n) is 8.12. The van der Waals surface area contributed by atoms with Gasteiger partial charge in [0.25, 0.3) is 0 Å². The summed E-state index contributed by atoms with van der Waals surface area (Å²) in [4.78, 5) is 29.7. The smallest absolute Gasteiger partial charge is 0.411 e. The van der Waals surface area contributed by atoms with Gasteiger partial charge < -0.3 is 9.84 Å². The molecular weight excluding hydrogens is 339 g/mol. The van der Waals surface area contributed by atoms with Crippen LogP contribution in [-0.2, 0) is 21.7 Å². The molecule has 26 heavy (non-hydrogen) atoms. The summed E-state index contributed by atoms with van der Waals surface area (Å²) in [7, 11) is 0. The van der Waals surface area contributed by atoms with E-state index < -0.39 is 29.5 Å². The number of amides is 1. The van der Waals surface area contributed by atoms with E-state index in [1.807, 2.05) is 18.2 Å². The van der Waals surface area contributed by atoms with Crippen molar-refractivity contribution >= 4 is 12.1 Å². The second kappa shape index (κ2) is 7.95. The van der Waals surface area contributed by atoms with Crippen LogP contribution in [0.3, 0.4) is 0 Å². The quantitative estimate of drug-likeness (QED) is 0.852. The molecule has 1 aromatic carbocycles. The maximum absolute atomic E-state index is 13.2. The molecule has 7 heteroatoms. The Hall–Kier alpha value is -2.96. The first-order chi connectivity index (χ1) is 12.3. The highest BCUT2D eigenvalue weighted by atomic mass is 19.1. The van der Waals surface area contributed by atoms with Crippen molar-refractivity contribution in [3.8, 4) is 0 Å². The van der Waals surface area contributed by atoms with E-state index in [1.54, 1.807) is 26.0 Å². The normalized spacial score (nSPS) is 13.1. The minimum atomic E-state index is -1.81. The molecule has 1 N–H and O–H groups in total. The highest BCUT2D eigenvalue weighted by Crippen LogP contribution is 2.30. The summed E-state index contributed by atoms with van der Waals surface area (Å²) >= 11 is 0. The van der Waals surface area contributed by atoms with Crippen LogP contribution in [0.5, 0.6) is 0 Å². The van der Waals surface area contributed by atoms with Crippen LogP contribution < -0.4 is 0 Å². The van der Waals surface area contributed by atoms with Crippen molar-refractivity contribution < 1.29 is 23.8 Å². The topological polar surface area (TPSA) is 79.7 Å². The van der Waals surface area contributed by atoms with Gasteiger partial charge in [-0.25, -0.2) is 14.0 Å². The van der Waals surface area contributed by atoms with Gasteiger partial charge in [0.15, 0.2) is 5.54 Å². The zero-order valence-corrected chi connectivity index (χ0v) is 14.8. The fourth-order valence-electron chi connectivity index (χ4n) is 2.70. The lowest BCUT2D eigenvalue weighted by Crippen LogP contribution is -2.56. The Kier molecular flexibility index (Phi) is 5.92. The molecule has 1 aromatic heterocycles. The number of ether oxygens (including phenoxy) is 1. The number of hydrogen-bond donors (Lipinski definition) is 1. The molecule has 2 aromatic rings. The molecular formula is C19H21FN2O4. The number of aromatic nitrogens is 1. The van der Waals surface area contributed by atoms with Gasteiger partial charge in [0, 0.05) is 6.04 Å². The fourth-order valence-corrected chi connectivity index (χ4v) is 2.70. The van der Waals surface area contributed by atoms with Gasteiger partial charge in [-0.2, -0.15) is 0 Å². The number of hydrogen-bond acceptors (Lipinski definition) is 4. The lowest BCUT2D eigenvalue weighted by Gasteiger charge is -2.39. The van der Waals surface area contributed by atoms with E-state index in [2.05, 4.69) is 4.98 Å². The molecule has 138 valence electrons. The third-order valence-electron chi connectivity index (χ3n) is 4.04. The van der Waals surface area contributed by atoms with Crippen LogP contribution in [0.25, 0.3) is 0 Å². The molecule has 0 aliphatic rings. The fraction of sp³-hybridized carbons (Fsp3) is 0.316. The van der Waals surface area contributed by atoms with Gasteiger partial charge in [-0.3, -0.25) is 9.88 Å². The predicted molar refractivity (Wildman–Crippen MR) is 92.8 cm³/mol. The summed E-state index contributed by atoms with van der Waals surface area (Å²) in [5.74, 6) is -1.88. The number of benzene rings is 1. The molecule has 0 aliphatic carbocycles. The molecule has 1 atom stereocenters. The van der Waals surface area contributed by atoms with Gasteiger partial charge in [-0.05, 0) is 38.5 Å². The number of carboxylic acid groups (broad SMARTS) is 1. The summed E-state index contributed by atoms with van der Waals surface area (Å²) in [6.45, 7) is 4.71. The Morgan fingerprint density at radius 3 is 2.38 bits per heavy atom. The summed E-state index contributed by atoms with van der Waals surface area (Å²) in [6.07, 6.45) is 0.129. The van der Waals surface area contributed by atoms with Crippen LogP contribution >= 0.6 is 0 Å². The lowest BCUT2D eigenvalue weighted by atomic mass is 9.93. The van der Waals surface area contributed by atoms with E-state index in [1.165, 1.54) is 13.0 Å². The highest BCUT2D eigenvalue weighted by Gasteiger charge is 2.47. The van der Waals surface area contributed by atoms with E-state index in [4.69, 9.17) is 4.74 Å². The molecule has 1 heterocycles. The van der Waals surface area contributed by atoms with E-state index in [0.717, 1.165) is 22.7 Å². The van der Waals surface area contributed by atoms with E-state index >= 15 is 0 Å². The number of aliphatic carboxylic acids is 1. The number of carbonyl (C=O) groups is 2. The molecule has 0 aliphatic heterocycles. The van der Waals surface area contributed by atoms with Crippen molar-refractivity contribution in [2.75, 3.05) is 0 Å². The minimum absolute atomic E-state index is 0.00936. The Bertz CT molecular complexity index is 765. The van der Waals surface area contributed by atoms with Crippen molar-refractivity contribution in [3.05, 3.63) is 65.7 Å². The zero-order valence-electron chi connectivity index (χ0n) is 14.8. The summed E-state index contributed by atoms with van der Waals surface area (Å²) in [6, 6.07) is 10.9. The molecule has 2 rings (SSSR count). The Morgan fingerprint density at radius 2 is 1.88 bits per heavy atom.